The number of thioether (sulfide) groups is 1. The van der Waals surface area contributed by atoms with Gasteiger partial charge in [0.25, 0.3) is 0 Å². The Kier molecular flexibility index (Phi) is 6.67. The van der Waals surface area contributed by atoms with Gasteiger partial charge in [0.15, 0.2) is 0 Å². The second kappa shape index (κ2) is 9.61. The topological polar surface area (TPSA) is 29.5 Å². The largest absolute Gasteiger partial charge is 0.457 e. The van der Waals surface area contributed by atoms with Crippen LogP contribution in [-0.4, -0.2) is 22.1 Å². The number of amides is 1. The number of carbonyl (C=O) groups excluding carboxylic acids is 1. The molecule has 0 bridgehead atoms. The molecule has 0 saturated carbocycles. The molecule has 0 radical (unpaired) electrons. The third-order valence-corrected chi connectivity index (χ3v) is 7.06. The van der Waals surface area contributed by atoms with Crippen molar-refractivity contribution in [2.75, 3.05) is 6.54 Å². The molecule has 1 atom stereocenters. The van der Waals surface area contributed by atoms with Gasteiger partial charge in [0, 0.05) is 6.54 Å². The normalized spacial score (nSPS) is 17.7. The smallest absolute Gasteiger partial charge is 0.239 e. The van der Waals surface area contributed by atoms with Gasteiger partial charge in [-0.1, -0.05) is 60.7 Å². The summed E-state index contributed by atoms with van der Waals surface area (Å²) in [4.78, 5) is 15.2. The van der Waals surface area contributed by atoms with Crippen molar-refractivity contribution < 1.29 is 9.53 Å². The number of hydrogen-bond acceptors (Lipinski definition) is 3. The maximum absolute atomic E-state index is 13.1. The van der Waals surface area contributed by atoms with Crippen LogP contribution in [0.3, 0.4) is 0 Å². The molecule has 0 aliphatic carbocycles. The van der Waals surface area contributed by atoms with Crippen molar-refractivity contribution in [1.29, 1.82) is 0 Å². The zero-order valence-corrected chi connectivity index (χ0v) is 19.0. The van der Waals surface area contributed by atoms with E-state index < -0.39 is 4.75 Å². The molecule has 4 rings (SSSR count). The van der Waals surface area contributed by atoms with Crippen LogP contribution in [0.2, 0.25) is 0 Å². The summed E-state index contributed by atoms with van der Waals surface area (Å²) < 4.78 is 5.61. The van der Waals surface area contributed by atoms with Crippen molar-refractivity contribution in [2.24, 2.45) is 0 Å². The summed E-state index contributed by atoms with van der Waals surface area (Å²) in [5.41, 5.74) is 2.47. The van der Waals surface area contributed by atoms with E-state index in [1.807, 2.05) is 62.4 Å². The number of para-hydroxylation sites is 1. The first-order valence-corrected chi connectivity index (χ1v) is 11.8. The molecule has 4 heteroatoms. The zero-order valence-electron chi connectivity index (χ0n) is 18.2. The van der Waals surface area contributed by atoms with Gasteiger partial charge >= 0.3 is 0 Å². The average Bonchev–Trinajstić information content (AvgIpc) is 3.02. The van der Waals surface area contributed by atoms with Gasteiger partial charge in [0.05, 0.1) is 4.75 Å². The summed E-state index contributed by atoms with van der Waals surface area (Å²) in [6.45, 7) is 4.83. The van der Waals surface area contributed by atoms with E-state index in [4.69, 9.17) is 4.74 Å². The number of aryl methyl sites for hydroxylation is 1. The van der Waals surface area contributed by atoms with Crippen LogP contribution in [0.4, 0.5) is 0 Å². The maximum atomic E-state index is 13.1. The molecule has 160 valence electrons. The fourth-order valence-corrected chi connectivity index (χ4v) is 5.31. The zero-order chi connectivity index (χ0) is 21.7. The molecule has 1 aliphatic heterocycles. The summed E-state index contributed by atoms with van der Waals surface area (Å²) in [5, 5.41) is 0.0125. The second-order valence-corrected chi connectivity index (χ2v) is 10.1. The highest BCUT2D eigenvalue weighted by molar-refractivity contribution is 8.02. The minimum Gasteiger partial charge on any atom is -0.457 e. The van der Waals surface area contributed by atoms with E-state index in [0.29, 0.717) is 0 Å². The molecule has 1 fully saturated rings. The van der Waals surface area contributed by atoms with Crippen LogP contribution in [0.15, 0.2) is 84.9 Å². The molecular weight excluding hydrogens is 402 g/mol. The Hall–Kier alpha value is -2.72. The lowest BCUT2D eigenvalue weighted by molar-refractivity contribution is -0.132. The molecule has 3 nitrogen and oxygen atoms in total. The van der Waals surface area contributed by atoms with E-state index in [2.05, 4.69) is 41.3 Å². The molecule has 31 heavy (non-hydrogen) atoms. The van der Waals surface area contributed by atoms with Gasteiger partial charge in [-0.05, 0) is 68.5 Å². The maximum Gasteiger partial charge on any atom is 0.239 e. The van der Waals surface area contributed by atoms with Crippen LogP contribution < -0.4 is 4.74 Å². The molecule has 0 N–H and O–H groups in total. The Labute approximate surface area is 189 Å². The van der Waals surface area contributed by atoms with Crippen molar-refractivity contribution in [1.82, 2.24) is 4.90 Å². The Morgan fingerprint density at radius 3 is 2.29 bits per heavy atom. The highest BCUT2D eigenvalue weighted by atomic mass is 32.2. The number of benzene rings is 3. The van der Waals surface area contributed by atoms with Crippen LogP contribution in [0.25, 0.3) is 0 Å². The molecule has 1 aliphatic rings. The molecule has 1 saturated heterocycles. The van der Waals surface area contributed by atoms with Crippen molar-refractivity contribution in [3.05, 3.63) is 96.1 Å². The SMILES string of the molecule is CC1(C)SC(c2cccc(Oc3ccccc3)c2)N(CCCCc2ccccc2)C1=O. The summed E-state index contributed by atoms with van der Waals surface area (Å²) in [5.74, 6) is 1.83. The summed E-state index contributed by atoms with van der Waals surface area (Å²) in [6, 6.07) is 28.5. The highest BCUT2D eigenvalue weighted by Crippen LogP contribution is 2.49. The quantitative estimate of drug-likeness (QED) is 0.365. The first-order chi connectivity index (χ1) is 15.0. The van der Waals surface area contributed by atoms with Crippen molar-refractivity contribution in [2.45, 2.75) is 43.2 Å². The lowest BCUT2D eigenvalue weighted by Crippen LogP contribution is -2.36. The fourth-order valence-electron chi connectivity index (χ4n) is 3.92. The minimum atomic E-state index is -0.416. The lowest BCUT2D eigenvalue weighted by Gasteiger charge is -2.24. The van der Waals surface area contributed by atoms with E-state index in [1.54, 1.807) is 11.8 Å². The van der Waals surface area contributed by atoms with Gasteiger partial charge in [0.2, 0.25) is 5.91 Å². The fraction of sp³-hybridized carbons (Fsp3) is 0.296. The van der Waals surface area contributed by atoms with Crippen LogP contribution >= 0.6 is 11.8 Å². The Bertz CT molecular complexity index is 1000. The Morgan fingerprint density at radius 2 is 1.55 bits per heavy atom. The van der Waals surface area contributed by atoms with E-state index in [0.717, 1.165) is 42.9 Å². The minimum absolute atomic E-state index is 0.0125. The van der Waals surface area contributed by atoms with E-state index in [9.17, 15) is 4.79 Å². The van der Waals surface area contributed by atoms with Crippen molar-refractivity contribution >= 4 is 17.7 Å². The van der Waals surface area contributed by atoms with Crippen molar-refractivity contribution in [3.63, 3.8) is 0 Å². The first kappa shape index (κ1) is 21.5. The molecule has 3 aromatic rings. The number of nitrogens with zero attached hydrogens (tertiary/aromatic N) is 1. The van der Waals surface area contributed by atoms with E-state index in [-0.39, 0.29) is 11.3 Å². The molecular formula is C27H29NO2S. The predicted molar refractivity (Wildman–Crippen MR) is 128 cm³/mol. The number of carbonyl (C=O) groups is 1. The van der Waals surface area contributed by atoms with Crippen LogP contribution in [0, 0.1) is 0 Å². The lowest BCUT2D eigenvalue weighted by atomic mass is 10.1. The summed E-state index contributed by atoms with van der Waals surface area (Å²) >= 11 is 1.73. The third-order valence-electron chi connectivity index (χ3n) is 5.54. The monoisotopic (exact) mass is 431 g/mol. The average molecular weight is 432 g/mol. The van der Waals surface area contributed by atoms with Crippen LogP contribution in [-0.2, 0) is 11.2 Å². The highest BCUT2D eigenvalue weighted by Gasteiger charge is 2.46. The second-order valence-electron chi connectivity index (χ2n) is 8.41. The van der Waals surface area contributed by atoms with Gasteiger partial charge in [-0.2, -0.15) is 0 Å². The Morgan fingerprint density at radius 1 is 0.871 bits per heavy atom. The molecule has 1 heterocycles. The van der Waals surface area contributed by atoms with E-state index >= 15 is 0 Å². The van der Waals surface area contributed by atoms with Crippen molar-refractivity contribution in [3.8, 4) is 11.5 Å². The third kappa shape index (κ3) is 5.31. The number of rotatable bonds is 8. The van der Waals surface area contributed by atoms with Crippen LogP contribution in [0.5, 0.6) is 11.5 Å². The number of ether oxygens (including phenoxy) is 1. The van der Waals surface area contributed by atoms with Gasteiger partial charge in [-0.15, -0.1) is 11.8 Å². The standard InChI is InChI=1S/C27H29NO2S/c1-27(2)26(29)28(19-10-9-14-21-12-5-3-6-13-21)25(31-27)22-15-11-18-24(20-22)30-23-16-7-4-8-17-23/h3-8,11-13,15-18,20,25H,9-10,14,19H2,1-2H3. The summed E-state index contributed by atoms with van der Waals surface area (Å²) in [7, 11) is 0. The molecule has 0 spiro atoms. The first-order valence-electron chi connectivity index (χ1n) is 10.9. The number of unbranched alkanes of at least 4 members (excludes halogenated alkanes) is 1. The van der Waals surface area contributed by atoms with E-state index in [1.165, 1.54) is 5.56 Å². The predicted octanol–water partition coefficient (Wildman–Crippen LogP) is 6.85. The van der Waals surface area contributed by atoms with Gasteiger partial charge in [-0.3, -0.25) is 4.79 Å². The van der Waals surface area contributed by atoms with Gasteiger partial charge in [0.1, 0.15) is 16.9 Å². The molecule has 0 aromatic heterocycles. The Balaban J connectivity index is 1.45. The van der Waals surface area contributed by atoms with Gasteiger partial charge in [-0.25, -0.2) is 0 Å². The molecule has 1 amide bonds. The number of hydrogen-bond donors (Lipinski definition) is 0. The molecule has 3 aromatic carbocycles. The van der Waals surface area contributed by atoms with Crippen LogP contribution in [0.1, 0.15) is 43.2 Å². The molecule has 1 unspecified atom stereocenters. The van der Waals surface area contributed by atoms with Gasteiger partial charge < -0.3 is 9.64 Å². The summed E-state index contributed by atoms with van der Waals surface area (Å²) in [6.07, 6.45) is 3.11.